The maximum Gasteiger partial charge on any atom is 0.0652 e. The second-order valence-electron chi connectivity index (χ2n) is 1.06. The Morgan fingerprint density at radius 3 is 1.20 bits per heavy atom. The molecule has 0 aromatic heterocycles. The summed E-state index contributed by atoms with van der Waals surface area (Å²) in [5, 5.41) is 0. The second-order valence-corrected chi connectivity index (χ2v) is 1.06. The van der Waals surface area contributed by atoms with Crippen LogP contribution in [0.5, 0.6) is 0 Å². The Morgan fingerprint density at radius 1 is 1.00 bits per heavy atom. The molecule has 0 aromatic rings. The van der Waals surface area contributed by atoms with Crippen molar-refractivity contribution in [3.63, 3.8) is 0 Å². The zero-order valence-corrected chi connectivity index (χ0v) is 6.46. The molecule has 1 aliphatic rings. The molecular weight excluding hydrogens is 96.2 g/mol. The molecule has 2 heteroatoms. The average Bonchev–Trinajstić information content (AvgIpc) is 2.19. The third kappa shape index (κ3) is 12.3. The van der Waals surface area contributed by atoms with Gasteiger partial charge in [-0.15, -0.1) is 0 Å². The number of thiol groups is 1. The lowest BCUT2D eigenvalue weighted by atomic mass is 11.0. The van der Waals surface area contributed by atoms with Gasteiger partial charge in [-0.2, -0.15) is 0 Å². The first kappa shape index (κ1) is 5.57. The van der Waals surface area contributed by atoms with Crippen LogP contribution in [0.15, 0.2) is 0 Å². The molecule has 1 fully saturated rings. The maximum absolute atomic E-state index is 3.67. The van der Waals surface area contributed by atoms with Crippen molar-refractivity contribution in [3.05, 3.63) is 0 Å². The molecule has 1 saturated carbocycles. The minimum Gasteiger partial charge on any atom is -0.214 e. The highest BCUT2D eigenvalue weighted by Crippen LogP contribution is 2.14. The SMILES string of the molecule is C1CC1.[SiH3]S. The molecule has 0 spiro atoms. The number of hydrogen-bond acceptors (Lipinski definition) is 1. The summed E-state index contributed by atoms with van der Waals surface area (Å²) >= 11 is 3.67. The number of rotatable bonds is 0. The predicted molar refractivity (Wildman–Crippen MR) is 32.8 cm³/mol. The van der Waals surface area contributed by atoms with Crippen LogP contribution in [-0.4, -0.2) is 9.39 Å². The molecule has 5 heavy (non-hydrogen) atoms. The largest absolute Gasteiger partial charge is 0.214 e. The summed E-state index contributed by atoms with van der Waals surface area (Å²) in [6.45, 7) is 0. The van der Waals surface area contributed by atoms with Crippen molar-refractivity contribution >= 4 is 21.5 Å². The van der Waals surface area contributed by atoms with E-state index in [0.717, 1.165) is 9.39 Å². The lowest BCUT2D eigenvalue weighted by molar-refractivity contribution is 1.50. The summed E-state index contributed by atoms with van der Waals surface area (Å²) in [7, 11) is 1.00. The fourth-order valence-electron chi connectivity index (χ4n) is 0. The summed E-state index contributed by atoms with van der Waals surface area (Å²) in [6.07, 6.45) is 4.50. The Balaban J connectivity index is 0.0000000733. The van der Waals surface area contributed by atoms with Crippen molar-refractivity contribution in [2.24, 2.45) is 0 Å². The Bertz CT molecular complexity index is 11.6. The van der Waals surface area contributed by atoms with E-state index >= 15 is 0 Å². The monoisotopic (exact) mass is 106 g/mol. The van der Waals surface area contributed by atoms with Crippen LogP contribution in [0.2, 0.25) is 0 Å². The molecule has 0 atom stereocenters. The highest BCUT2D eigenvalue weighted by molar-refractivity contribution is 8.03. The third-order valence-electron chi connectivity index (χ3n) is 0.354. The standard InChI is InChI=1S/C3H6.H4SSi/c1-2-3-1;1-2/h1-3H2;1H,2H3. The summed E-state index contributed by atoms with van der Waals surface area (Å²) in [6, 6.07) is 0. The molecule has 0 bridgehead atoms. The van der Waals surface area contributed by atoms with E-state index in [1.54, 1.807) is 0 Å². The van der Waals surface area contributed by atoms with Crippen LogP contribution >= 0.6 is 12.1 Å². The van der Waals surface area contributed by atoms with E-state index < -0.39 is 0 Å². The highest BCUT2D eigenvalue weighted by atomic mass is 32.3. The van der Waals surface area contributed by atoms with Gasteiger partial charge < -0.3 is 0 Å². The average molecular weight is 106 g/mol. The predicted octanol–water partition coefficient (Wildman–Crippen LogP) is 0.367. The molecule has 1 rings (SSSR count). The Hall–Kier alpha value is 0.567. The molecule has 0 aliphatic heterocycles. The topological polar surface area (TPSA) is 0 Å². The van der Waals surface area contributed by atoms with Gasteiger partial charge in [0.05, 0.1) is 9.39 Å². The van der Waals surface area contributed by atoms with Crippen LogP contribution < -0.4 is 0 Å². The molecular formula is C3H10SSi. The molecule has 0 aromatic carbocycles. The normalized spacial score (nSPS) is 16.2. The first-order chi connectivity index (χ1) is 2.50. The van der Waals surface area contributed by atoms with Crippen LogP contribution in [0.3, 0.4) is 0 Å². The van der Waals surface area contributed by atoms with E-state index in [4.69, 9.17) is 0 Å². The van der Waals surface area contributed by atoms with Crippen LogP contribution in [0, 0.1) is 0 Å². The van der Waals surface area contributed by atoms with Gasteiger partial charge in [-0.1, -0.05) is 19.3 Å². The Labute approximate surface area is 41.4 Å². The third-order valence-corrected chi connectivity index (χ3v) is 0.354. The van der Waals surface area contributed by atoms with Gasteiger partial charge in [-0.25, -0.2) is 12.1 Å². The van der Waals surface area contributed by atoms with Gasteiger partial charge in [-0.05, 0) is 0 Å². The van der Waals surface area contributed by atoms with Gasteiger partial charge in [0.1, 0.15) is 0 Å². The van der Waals surface area contributed by atoms with E-state index in [2.05, 4.69) is 12.1 Å². The second kappa shape index (κ2) is 4.57. The highest BCUT2D eigenvalue weighted by Gasteiger charge is 1.95. The zero-order chi connectivity index (χ0) is 4.12. The van der Waals surface area contributed by atoms with E-state index in [-0.39, 0.29) is 0 Å². The van der Waals surface area contributed by atoms with Gasteiger partial charge in [0.25, 0.3) is 0 Å². The quantitative estimate of drug-likeness (QED) is 0.335. The summed E-state index contributed by atoms with van der Waals surface area (Å²) < 4.78 is 0. The van der Waals surface area contributed by atoms with Gasteiger partial charge in [0.2, 0.25) is 0 Å². The molecule has 0 N–H and O–H groups in total. The minimum atomic E-state index is 1.00. The fraction of sp³-hybridized carbons (Fsp3) is 1.00. The van der Waals surface area contributed by atoms with Crippen LogP contribution in [0.4, 0.5) is 0 Å². The summed E-state index contributed by atoms with van der Waals surface area (Å²) in [5.74, 6) is 0. The molecule has 0 saturated heterocycles. The van der Waals surface area contributed by atoms with Gasteiger partial charge in [0.15, 0.2) is 0 Å². The zero-order valence-electron chi connectivity index (χ0n) is 3.57. The van der Waals surface area contributed by atoms with E-state index in [0.29, 0.717) is 0 Å². The molecule has 0 radical (unpaired) electrons. The minimum absolute atomic E-state index is 1.00. The van der Waals surface area contributed by atoms with Crippen molar-refractivity contribution in [2.75, 3.05) is 0 Å². The molecule has 32 valence electrons. The van der Waals surface area contributed by atoms with Crippen molar-refractivity contribution in [3.8, 4) is 0 Å². The maximum atomic E-state index is 3.67. The lowest BCUT2D eigenvalue weighted by Gasteiger charge is -1.08. The van der Waals surface area contributed by atoms with Crippen LogP contribution in [0.25, 0.3) is 0 Å². The van der Waals surface area contributed by atoms with E-state index in [1.165, 1.54) is 19.3 Å². The molecule has 1 aliphatic carbocycles. The summed E-state index contributed by atoms with van der Waals surface area (Å²) in [5.41, 5.74) is 0. The molecule has 0 unspecified atom stereocenters. The Morgan fingerprint density at radius 2 is 1.20 bits per heavy atom. The fourth-order valence-corrected chi connectivity index (χ4v) is 0. The Kier molecular flexibility index (Phi) is 5.08. The van der Waals surface area contributed by atoms with Gasteiger partial charge >= 0.3 is 0 Å². The lowest BCUT2D eigenvalue weighted by Crippen LogP contribution is -0.991. The van der Waals surface area contributed by atoms with Crippen molar-refractivity contribution < 1.29 is 0 Å². The number of hydrogen-bond donors (Lipinski definition) is 1. The van der Waals surface area contributed by atoms with Gasteiger partial charge in [-0.3, -0.25) is 0 Å². The van der Waals surface area contributed by atoms with Gasteiger partial charge in [0, 0.05) is 0 Å². The van der Waals surface area contributed by atoms with E-state index in [9.17, 15) is 0 Å². The van der Waals surface area contributed by atoms with Crippen molar-refractivity contribution in [1.29, 1.82) is 0 Å². The molecule has 0 heterocycles. The first-order valence-corrected chi connectivity index (χ1v) is 5.52. The molecule has 0 nitrogen and oxygen atoms in total. The smallest absolute Gasteiger partial charge is 0.0652 e. The van der Waals surface area contributed by atoms with Crippen molar-refractivity contribution in [1.82, 2.24) is 0 Å². The van der Waals surface area contributed by atoms with Crippen LogP contribution in [0.1, 0.15) is 19.3 Å². The first-order valence-electron chi connectivity index (χ1n) is 1.95. The molecule has 0 amide bonds. The van der Waals surface area contributed by atoms with Crippen LogP contribution in [-0.2, 0) is 0 Å². The van der Waals surface area contributed by atoms with Crippen molar-refractivity contribution in [2.45, 2.75) is 19.3 Å². The summed E-state index contributed by atoms with van der Waals surface area (Å²) in [4.78, 5) is 0. The van der Waals surface area contributed by atoms with E-state index in [1.807, 2.05) is 0 Å².